The Morgan fingerprint density at radius 2 is 1.26 bits per heavy atom. The molecule has 2 fully saturated rings. The fourth-order valence-electron chi connectivity index (χ4n) is 7.95. The van der Waals surface area contributed by atoms with Gasteiger partial charge in [0.1, 0.15) is 0 Å². The van der Waals surface area contributed by atoms with Crippen LogP contribution >= 0.6 is 23.2 Å². The van der Waals surface area contributed by atoms with Crippen molar-refractivity contribution in [2.75, 3.05) is 63.2 Å². The first-order valence-electron chi connectivity index (χ1n) is 19.3. The van der Waals surface area contributed by atoms with Crippen LogP contribution in [0.1, 0.15) is 108 Å². The molecule has 0 spiro atoms. The van der Waals surface area contributed by atoms with Crippen LogP contribution in [0.2, 0.25) is 10.0 Å². The minimum absolute atomic E-state index is 0.151. The number of carbonyl (C=O) groups excluding carboxylic acids is 1. The van der Waals surface area contributed by atoms with Gasteiger partial charge in [0.05, 0.1) is 5.56 Å². The predicted octanol–water partition coefficient (Wildman–Crippen LogP) is 7.89. The van der Waals surface area contributed by atoms with Crippen molar-refractivity contribution in [1.82, 2.24) is 20.1 Å². The Hall–Kier alpha value is -3.57. The summed E-state index contributed by atoms with van der Waals surface area (Å²) in [6.45, 7) is 20.3. The number of likely N-dealkylation sites (tertiary alicyclic amines) is 2. The molecule has 3 N–H and O–H groups in total. The van der Waals surface area contributed by atoms with Crippen LogP contribution in [0.4, 0.5) is 11.4 Å². The SMILES string of the molecule is CCN(c1cc(Cl)cc(C(=O)NCc2c(C(C)C)cc(C)[nH]c2=O)c1C)C1CCN(C)CC1.CCN(c1cc(Cl)cc(C(=O)O)c1C)C1CCN(C)CC1. The van der Waals surface area contributed by atoms with E-state index in [1.54, 1.807) is 6.07 Å². The molecule has 54 heavy (non-hydrogen) atoms. The molecule has 0 saturated carbocycles. The van der Waals surface area contributed by atoms with Gasteiger partial charge in [-0.1, -0.05) is 37.0 Å². The minimum Gasteiger partial charge on any atom is -0.478 e. The molecule has 10 nitrogen and oxygen atoms in total. The van der Waals surface area contributed by atoms with Crippen molar-refractivity contribution in [3.8, 4) is 0 Å². The zero-order valence-corrected chi connectivity index (χ0v) is 35.1. The van der Waals surface area contributed by atoms with Crippen LogP contribution in [0.25, 0.3) is 0 Å². The van der Waals surface area contributed by atoms with E-state index in [1.807, 2.05) is 39.0 Å². The largest absolute Gasteiger partial charge is 0.478 e. The number of benzene rings is 2. The maximum absolute atomic E-state index is 13.2. The fourth-order valence-corrected chi connectivity index (χ4v) is 8.38. The molecule has 5 rings (SSSR count). The first-order valence-corrected chi connectivity index (χ1v) is 20.1. The van der Waals surface area contributed by atoms with Gasteiger partial charge in [-0.05, 0) is 154 Å². The molecular weight excluding hydrogens is 723 g/mol. The number of anilines is 2. The van der Waals surface area contributed by atoms with Gasteiger partial charge in [0.2, 0.25) is 0 Å². The Kier molecular flexibility index (Phi) is 15.5. The zero-order valence-electron chi connectivity index (χ0n) is 33.6. The highest BCUT2D eigenvalue weighted by molar-refractivity contribution is 6.31. The van der Waals surface area contributed by atoms with Crippen molar-refractivity contribution >= 4 is 46.5 Å². The number of carboxylic acids is 1. The van der Waals surface area contributed by atoms with E-state index in [-0.39, 0.29) is 23.9 Å². The van der Waals surface area contributed by atoms with Gasteiger partial charge in [-0.3, -0.25) is 9.59 Å². The maximum Gasteiger partial charge on any atom is 0.336 e. The van der Waals surface area contributed by atoms with Gasteiger partial charge >= 0.3 is 5.97 Å². The van der Waals surface area contributed by atoms with Gasteiger partial charge in [-0.25, -0.2) is 4.79 Å². The summed E-state index contributed by atoms with van der Waals surface area (Å²) in [7, 11) is 4.29. The molecule has 2 aliphatic heterocycles. The second-order valence-corrected chi connectivity index (χ2v) is 16.1. The highest BCUT2D eigenvalue weighted by Crippen LogP contribution is 2.33. The van der Waals surface area contributed by atoms with Crippen LogP contribution in [0.5, 0.6) is 0 Å². The first kappa shape index (κ1) is 43.2. The lowest BCUT2D eigenvalue weighted by Crippen LogP contribution is -2.44. The number of amides is 1. The number of aromatic nitrogens is 1. The van der Waals surface area contributed by atoms with E-state index < -0.39 is 5.97 Å². The van der Waals surface area contributed by atoms with Crippen LogP contribution in [0, 0.1) is 20.8 Å². The van der Waals surface area contributed by atoms with Crippen LogP contribution in [-0.2, 0) is 6.54 Å². The first-order chi connectivity index (χ1) is 25.6. The minimum atomic E-state index is -0.921. The lowest BCUT2D eigenvalue weighted by Gasteiger charge is -2.39. The summed E-state index contributed by atoms with van der Waals surface area (Å²) in [6.07, 6.45) is 4.37. The quantitative estimate of drug-likeness (QED) is 0.180. The van der Waals surface area contributed by atoms with E-state index >= 15 is 0 Å². The number of nitrogens with zero attached hydrogens (tertiary/aromatic N) is 4. The maximum atomic E-state index is 13.2. The van der Waals surface area contributed by atoms with E-state index in [0.29, 0.717) is 38.8 Å². The number of aryl methyl sites for hydroxylation is 1. The number of carboxylic acid groups (broad SMARTS) is 1. The molecule has 12 heteroatoms. The van der Waals surface area contributed by atoms with Crippen LogP contribution in [-0.4, -0.2) is 97.2 Å². The van der Waals surface area contributed by atoms with E-state index in [1.165, 1.54) is 6.07 Å². The summed E-state index contributed by atoms with van der Waals surface area (Å²) < 4.78 is 0. The highest BCUT2D eigenvalue weighted by Gasteiger charge is 2.27. The number of carbonyl (C=O) groups is 2. The number of aromatic carboxylic acids is 1. The second-order valence-electron chi connectivity index (χ2n) is 15.2. The summed E-state index contributed by atoms with van der Waals surface area (Å²) >= 11 is 12.6. The molecule has 3 heterocycles. The Bertz CT molecular complexity index is 1830. The third kappa shape index (κ3) is 10.6. The van der Waals surface area contributed by atoms with Gasteiger partial charge < -0.3 is 35.0 Å². The van der Waals surface area contributed by atoms with Crippen LogP contribution in [0.3, 0.4) is 0 Å². The zero-order chi connectivity index (χ0) is 39.9. The van der Waals surface area contributed by atoms with Crippen molar-refractivity contribution in [1.29, 1.82) is 0 Å². The number of rotatable bonds is 11. The van der Waals surface area contributed by atoms with E-state index in [9.17, 15) is 19.5 Å². The lowest BCUT2D eigenvalue weighted by molar-refractivity contribution is 0.0695. The molecule has 0 bridgehead atoms. The Labute approximate surface area is 331 Å². The number of hydrogen-bond acceptors (Lipinski definition) is 7. The number of piperidine rings is 2. The fraction of sp³-hybridized carbons (Fsp3) is 0.548. The predicted molar refractivity (Wildman–Crippen MR) is 223 cm³/mol. The van der Waals surface area contributed by atoms with E-state index in [2.05, 4.69) is 71.7 Å². The van der Waals surface area contributed by atoms with E-state index in [4.69, 9.17) is 23.2 Å². The van der Waals surface area contributed by atoms with E-state index in [0.717, 1.165) is 98.7 Å². The monoisotopic (exact) mass is 782 g/mol. The third-order valence-corrected chi connectivity index (χ3v) is 11.5. The molecule has 2 aliphatic rings. The Morgan fingerprint density at radius 3 is 1.69 bits per heavy atom. The Balaban J connectivity index is 0.000000266. The standard InChI is InChI=1S/C26H37ClN4O2.C16H23ClN2O2/c1-7-31(20-8-10-30(6)11-9-20)24-14-19(27)13-22(18(24)5)25(32)28-15-23-21(16(2)3)12-17(4)29-26(23)33;1-4-19(13-5-7-18(3)8-6-13)15-10-12(17)9-14(11(15)2)16(20)21/h12-14,16,20H,7-11,15H2,1-6H3,(H,28,32)(H,29,33);9-10,13H,4-8H2,1-3H3,(H,20,21). The normalized spacial score (nSPS) is 15.9. The molecule has 1 aromatic heterocycles. The number of aromatic amines is 1. The topological polar surface area (TPSA) is 112 Å². The molecule has 1 amide bonds. The summed E-state index contributed by atoms with van der Waals surface area (Å²) in [5, 5.41) is 13.3. The van der Waals surface area contributed by atoms with Crippen molar-refractivity contribution in [2.24, 2.45) is 0 Å². The molecule has 2 aromatic carbocycles. The number of halogens is 2. The molecule has 0 radical (unpaired) electrons. The number of pyridine rings is 1. The molecule has 3 aromatic rings. The average molecular weight is 784 g/mol. The van der Waals surface area contributed by atoms with Gasteiger partial charge in [0.15, 0.2) is 0 Å². The Morgan fingerprint density at radius 1 is 0.815 bits per heavy atom. The van der Waals surface area contributed by atoms with Crippen LogP contribution < -0.4 is 20.7 Å². The molecule has 0 atom stereocenters. The summed E-state index contributed by atoms with van der Waals surface area (Å²) in [5.41, 5.74) is 6.77. The van der Waals surface area contributed by atoms with Gasteiger partial charge in [-0.15, -0.1) is 0 Å². The molecule has 2 saturated heterocycles. The lowest BCUT2D eigenvalue weighted by atomic mass is 9.97. The molecule has 0 aliphatic carbocycles. The van der Waals surface area contributed by atoms with Crippen LogP contribution in [0.15, 0.2) is 35.1 Å². The molecule has 0 unspecified atom stereocenters. The summed E-state index contributed by atoms with van der Waals surface area (Å²) in [5.74, 6) is -0.953. The third-order valence-electron chi connectivity index (χ3n) is 11.1. The summed E-state index contributed by atoms with van der Waals surface area (Å²) in [6, 6.07) is 9.98. The second kappa shape index (κ2) is 19.3. The van der Waals surface area contributed by atoms with Gasteiger partial charge in [0.25, 0.3) is 11.5 Å². The number of hydrogen-bond donors (Lipinski definition) is 3. The smallest absolute Gasteiger partial charge is 0.336 e. The average Bonchev–Trinajstić information content (AvgIpc) is 3.12. The number of H-pyrrole nitrogens is 1. The molecular formula is C42H60Cl2N6O4. The van der Waals surface area contributed by atoms with Gasteiger partial charge in [-0.2, -0.15) is 0 Å². The van der Waals surface area contributed by atoms with Gasteiger partial charge in [0, 0.05) is 70.0 Å². The molecule has 296 valence electrons. The van der Waals surface area contributed by atoms with Crippen molar-refractivity contribution < 1.29 is 14.7 Å². The number of nitrogens with one attached hydrogen (secondary N) is 2. The van der Waals surface area contributed by atoms with Crippen molar-refractivity contribution in [2.45, 2.75) is 98.7 Å². The highest BCUT2D eigenvalue weighted by atomic mass is 35.5. The van der Waals surface area contributed by atoms with Crippen molar-refractivity contribution in [3.05, 3.63) is 89.8 Å². The van der Waals surface area contributed by atoms with Crippen molar-refractivity contribution in [3.63, 3.8) is 0 Å². The summed E-state index contributed by atoms with van der Waals surface area (Å²) in [4.78, 5) is 49.4.